The summed E-state index contributed by atoms with van der Waals surface area (Å²) >= 11 is 0. The molecule has 0 saturated heterocycles. The molecule has 3 heterocycles. The third kappa shape index (κ3) is 8.38. The van der Waals surface area contributed by atoms with Crippen LogP contribution in [-0.4, -0.2) is 19.5 Å². The molecule has 74 heavy (non-hydrogen) atoms. The van der Waals surface area contributed by atoms with Gasteiger partial charge in [-0.15, -0.1) is 0 Å². The molecule has 12 rings (SSSR count). The number of aromatic nitrogens is 4. The van der Waals surface area contributed by atoms with Crippen LogP contribution in [0, 0.1) is 0 Å². The molecule has 5 heteroatoms. The van der Waals surface area contributed by atoms with Crippen molar-refractivity contribution < 1.29 is 4.42 Å². The molecule has 0 atom stereocenters. The monoisotopic (exact) mass is 948 g/mol. The normalized spacial score (nSPS) is 12.1. The molecule has 0 amide bonds. The molecular formula is C69H48N4O. The second-order valence-corrected chi connectivity index (χ2v) is 18.1. The predicted octanol–water partition coefficient (Wildman–Crippen LogP) is 18.2. The molecule has 0 N–H and O–H groups in total. The Morgan fingerprint density at radius 1 is 0.446 bits per heavy atom. The maximum atomic E-state index is 6.60. The molecule has 0 bridgehead atoms. The summed E-state index contributed by atoms with van der Waals surface area (Å²) in [4.78, 5) is 16.1. The molecule has 3 aromatic heterocycles. The molecule has 0 unspecified atom stereocenters. The lowest BCUT2D eigenvalue weighted by Crippen LogP contribution is -2.05. The Hall–Kier alpha value is -9.97. The van der Waals surface area contributed by atoms with Gasteiger partial charge in [0.2, 0.25) is 0 Å². The largest absolute Gasteiger partial charge is 0.456 e. The van der Waals surface area contributed by atoms with Crippen LogP contribution in [0.15, 0.2) is 273 Å². The number of benzene rings is 9. The SMILES string of the molecule is C=C/C=C(\C=C)c1cc(-c2ccccc2)cc(-c2nc(/C(C=C)=C/C=C/c3ccccc3)nc(-c3cc(-c4ccccc4)c(-n4c5ccccc5c5ccc6oc7ccccc7c6c54)c(-c4ccccc4)c3)n2)c1. The Balaban J connectivity index is 1.18. The minimum atomic E-state index is 0.484. The van der Waals surface area contributed by atoms with Crippen molar-refractivity contribution in [3.05, 3.63) is 285 Å². The Morgan fingerprint density at radius 3 is 1.66 bits per heavy atom. The molecule has 12 aromatic rings. The van der Waals surface area contributed by atoms with Crippen molar-refractivity contribution >= 4 is 61.0 Å². The standard InChI is InChI=1S/C69H48N4O/c1-4-24-47(5-2)52-41-53(49-28-13-8-14-29-49)43-54(42-52)68-70-67(48(6-3)34-23-27-46-25-11-7-12-26-46)71-69(72-68)55-44-59(50-30-15-9-16-31-50)65(60(45-55)51-32-17-10-18-33-51)73-61-37-21-19-35-56(61)57-39-40-63-64(66(57)73)58-36-20-22-38-62(58)74-63/h4-45H,1-3H2/b27-23+,47-24+,48-34+. The summed E-state index contributed by atoms with van der Waals surface area (Å²) in [7, 11) is 0. The van der Waals surface area contributed by atoms with Gasteiger partial charge in [-0.1, -0.05) is 220 Å². The first-order valence-electron chi connectivity index (χ1n) is 24.7. The number of nitrogens with zero attached hydrogens (tertiary/aromatic N) is 4. The lowest BCUT2D eigenvalue weighted by molar-refractivity contribution is 0.669. The number of allylic oxidation sites excluding steroid dienone is 8. The van der Waals surface area contributed by atoms with E-state index in [2.05, 4.69) is 206 Å². The molecule has 350 valence electrons. The van der Waals surface area contributed by atoms with Crippen molar-refractivity contribution in [2.24, 2.45) is 0 Å². The Kier molecular flexibility index (Phi) is 12.0. The first kappa shape index (κ1) is 45.2. The second kappa shape index (κ2) is 19.7. The van der Waals surface area contributed by atoms with Crippen molar-refractivity contribution in [1.82, 2.24) is 19.5 Å². The summed E-state index contributed by atoms with van der Waals surface area (Å²) in [5.41, 5.74) is 16.3. The Morgan fingerprint density at radius 2 is 1.01 bits per heavy atom. The van der Waals surface area contributed by atoms with Crippen LogP contribution in [0.5, 0.6) is 0 Å². The Bertz CT molecular complexity index is 4160. The molecule has 9 aromatic carbocycles. The van der Waals surface area contributed by atoms with E-state index in [1.165, 1.54) is 0 Å². The summed E-state index contributed by atoms with van der Waals surface area (Å²) in [5, 5.41) is 4.41. The highest BCUT2D eigenvalue weighted by Crippen LogP contribution is 2.47. The van der Waals surface area contributed by atoms with Gasteiger partial charge in [0.15, 0.2) is 17.5 Å². The van der Waals surface area contributed by atoms with Crippen molar-refractivity contribution in [3.8, 4) is 61.8 Å². The smallest absolute Gasteiger partial charge is 0.164 e. The molecule has 0 fully saturated rings. The maximum absolute atomic E-state index is 6.60. The zero-order chi connectivity index (χ0) is 50.0. The van der Waals surface area contributed by atoms with Crippen LogP contribution in [0.2, 0.25) is 0 Å². The van der Waals surface area contributed by atoms with Crippen molar-refractivity contribution in [2.75, 3.05) is 0 Å². The van der Waals surface area contributed by atoms with E-state index >= 15 is 0 Å². The Labute approximate surface area is 430 Å². The predicted molar refractivity (Wildman–Crippen MR) is 311 cm³/mol. The minimum Gasteiger partial charge on any atom is -0.456 e. The highest BCUT2D eigenvalue weighted by Gasteiger charge is 2.25. The maximum Gasteiger partial charge on any atom is 0.164 e. The highest BCUT2D eigenvalue weighted by molar-refractivity contribution is 6.25. The number of para-hydroxylation sites is 2. The summed E-state index contributed by atoms with van der Waals surface area (Å²) in [5.74, 6) is 1.50. The first-order chi connectivity index (χ1) is 36.6. The molecular weight excluding hydrogens is 901 g/mol. The van der Waals surface area contributed by atoms with Crippen LogP contribution in [0.4, 0.5) is 0 Å². The second-order valence-electron chi connectivity index (χ2n) is 18.1. The number of fused-ring (bicyclic) bond motifs is 7. The lowest BCUT2D eigenvalue weighted by atomic mass is 9.92. The van der Waals surface area contributed by atoms with E-state index in [9.17, 15) is 0 Å². The van der Waals surface area contributed by atoms with Gasteiger partial charge >= 0.3 is 0 Å². The summed E-state index contributed by atoms with van der Waals surface area (Å²) in [6.07, 6.45) is 13.5. The number of rotatable bonds is 13. The van der Waals surface area contributed by atoms with E-state index in [4.69, 9.17) is 19.4 Å². The zero-order valence-corrected chi connectivity index (χ0v) is 40.6. The van der Waals surface area contributed by atoms with Crippen molar-refractivity contribution in [3.63, 3.8) is 0 Å². The van der Waals surface area contributed by atoms with Gasteiger partial charge in [0, 0.05) is 44.0 Å². The van der Waals surface area contributed by atoms with Crippen LogP contribution in [-0.2, 0) is 0 Å². The van der Waals surface area contributed by atoms with E-state index < -0.39 is 0 Å². The van der Waals surface area contributed by atoms with Crippen molar-refractivity contribution in [2.45, 2.75) is 0 Å². The van der Waals surface area contributed by atoms with E-state index in [0.717, 1.165) is 116 Å². The van der Waals surface area contributed by atoms with Gasteiger partial charge in [-0.25, -0.2) is 15.0 Å². The minimum absolute atomic E-state index is 0.484. The van der Waals surface area contributed by atoms with Gasteiger partial charge in [0.05, 0.1) is 22.1 Å². The molecule has 0 radical (unpaired) electrons. The topological polar surface area (TPSA) is 56.7 Å². The van der Waals surface area contributed by atoms with Gasteiger partial charge in [-0.2, -0.15) is 0 Å². The van der Waals surface area contributed by atoms with Crippen LogP contribution in [0.1, 0.15) is 17.0 Å². The van der Waals surface area contributed by atoms with Crippen LogP contribution in [0.25, 0.3) is 123 Å². The summed E-state index contributed by atoms with van der Waals surface area (Å²) in [6.45, 7) is 12.5. The average molecular weight is 949 g/mol. The molecule has 0 aliphatic heterocycles. The van der Waals surface area contributed by atoms with E-state index in [1.807, 2.05) is 66.8 Å². The fraction of sp³-hybridized carbons (Fsp3) is 0. The quantitative estimate of drug-likeness (QED) is 0.108. The molecule has 0 spiro atoms. The molecule has 0 aliphatic rings. The number of hydrogen-bond acceptors (Lipinski definition) is 4. The summed E-state index contributed by atoms with van der Waals surface area (Å²) in [6, 6.07) is 74.1. The van der Waals surface area contributed by atoms with E-state index in [-0.39, 0.29) is 0 Å². The third-order valence-corrected chi connectivity index (χ3v) is 13.6. The lowest BCUT2D eigenvalue weighted by Gasteiger charge is -2.21. The van der Waals surface area contributed by atoms with E-state index in [0.29, 0.717) is 17.5 Å². The third-order valence-electron chi connectivity index (χ3n) is 13.6. The van der Waals surface area contributed by atoms with Crippen LogP contribution >= 0.6 is 0 Å². The van der Waals surface area contributed by atoms with Crippen LogP contribution < -0.4 is 0 Å². The highest BCUT2D eigenvalue weighted by atomic mass is 16.3. The van der Waals surface area contributed by atoms with Crippen LogP contribution in [0.3, 0.4) is 0 Å². The molecule has 0 saturated carbocycles. The van der Waals surface area contributed by atoms with E-state index in [1.54, 1.807) is 6.08 Å². The molecule has 0 aliphatic carbocycles. The fourth-order valence-electron chi connectivity index (χ4n) is 10.1. The zero-order valence-electron chi connectivity index (χ0n) is 40.6. The summed E-state index contributed by atoms with van der Waals surface area (Å²) < 4.78 is 9.05. The van der Waals surface area contributed by atoms with Gasteiger partial charge in [0.1, 0.15) is 11.2 Å². The first-order valence-corrected chi connectivity index (χ1v) is 24.7. The molecule has 5 nitrogen and oxygen atoms in total. The number of hydrogen-bond donors (Lipinski definition) is 0. The van der Waals surface area contributed by atoms with Gasteiger partial charge in [-0.3, -0.25) is 0 Å². The fourth-order valence-corrected chi connectivity index (χ4v) is 10.1. The number of furan rings is 1. The van der Waals surface area contributed by atoms with Gasteiger partial charge < -0.3 is 8.98 Å². The van der Waals surface area contributed by atoms with Gasteiger partial charge in [0.25, 0.3) is 0 Å². The van der Waals surface area contributed by atoms with Crippen molar-refractivity contribution in [1.29, 1.82) is 0 Å². The van der Waals surface area contributed by atoms with Gasteiger partial charge in [-0.05, 0) is 93.6 Å². The average Bonchev–Trinajstić information content (AvgIpc) is 4.05.